The van der Waals surface area contributed by atoms with E-state index >= 15 is 0 Å². The van der Waals surface area contributed by atoms with E-state index in [0.717, 1.165) is 0 Å². The number of hydrogen-bond acceptors (Lipinski definition) is 3. The molecule has 0 aromatic carbocycles. The zero-order valence-electron chi connectivity index (χ0n) is 8.50. The molecule has 1 aliphatic rings. The van der Waals surface area contributed by atoms with E-state index in [1.165, 1.54) is 19.2 Å². The molecule has 3 nitrogen and oxygen atoms in total. The Morgan fingerprint density at radius 2 is 2.33 bits per heavy atom. The van der Waals surface area contributed by atoms with Crippen molar-refractivity contribution in [2.45, 2.75) is 25.1 Å². The second-order valence-corrected chi connectivity index (χ2v) is 4.42. The lowest BCUT2D eigenvalue weighted by Gasteiger charge is -2.10. The largest absolute Gasteiger partial charge is 0.366 e. The van der Waals surface area contributed by atoms with Crippen LogP contribution in [-0.2, 0) is 0 Å². The van der Waals surface area contributed by atoms with Crippen LogP contribution in [0.1, 0.15) is 18.5 Å². The first-order valence-electron chi connectivity index (χ1n) is 5.03. The SMILES string of the molecule is Cc1ncnc(NCC(Cl)C2CC2)c1F. The van der Waals surface area contributed by atoms with Gasteiger partial charge >= 0.3 is 0 Å². The van der Waals surface area contributed by atoms with Gasteiger partial charge in [0.1, 0.15) is 6.33 Å². The smallest absolute Gasteiger partial charge is 0.186 e. The summed E-state index contributed by atoms with van der Waals surface area (Å²) < 4.78 is 13.4. The maximum atomic E-state index is 13.4. The number of aryl methyl sites for hydroxylation is 1. The summed E-state index contributed by atoms with van der Waals surface area (Å²) >= 11 is 6.09. The third kappa shape index (κ3) is 2.56. The molecule has 1 atom stereocenters. The fraction of sp³-hybridized carbons (Fsp3) is 0.600. The van der Waals surface area contributed by atoms with Gasteiger partial charge < -0.3 is 5.32 Å². The first kappa shape index (κ1) is 10.6. The van der Waals surface area contributed by atoms with Crippen molar-refractivity contribution in [1.82, 2.24) is 9.97 Å². The predicted molar refractivity (Wildman–Crippen MR) is 57.6 cm³/mol. The molecule has 15 heavy (non-hydrogen) atoms. The lowest BCUT2D eigenvalue weighted by molar-refractivity contribution is 0.603. The molecule has 1 aromatic rings. The van der Waals surface area contributed by atoms with Crippen LogP contribution in [0.2, 0.25) is 0 Å². The minimum absolute atomic E-state index is 0.0691. The van der Waals surface area contributed by atoms with E-state index in [-0.39, 0.29) is 11.2 Å². The maximum Gasteiger partial charge on any atom is 0.186 e. The predicted octanol–water partition coefficient (Wildman–Crippen LogP) is 2.35. The van der Waals surface area contributed by atoms with Gasteiger partial charge in [-0.3, -0.25) is 0 Å². The Balaban J connectivity index is 1.95. The minimum Gasteiger partial charge on any atom is -0.366 e. The molecule has 1 aliphatic carbocycles. The quantitative estimate of drug-likeness (QED) is 0.806. The number of nitrogens with one attached hydrogen (secondary N) is 1. The molecule has 1 unspecified atom stereocenters. The zero-order valence-corrected chi connectivity index (χ0v) is 9.26. The van der Waals surface area contributed by atoms with Gasteiger partial charge in [-0.1, -0.05) is 0 Å². The van der Waals surface area contributed by atoms with Crippen molar-refractivity contribution < 1.29 is 4.39 Å². The number of aromatic nitrogens is 2. The normalized spacial score (nSPS) is 17.5. The molecule has 5 heteroatoms. The summed E-state index contributed by atoms with van der Waals surface area (Å²) in [6.45, 7) is 2.17. The Hall–Kier alpha value is -0.900. The van der Waals surface area contributed by atoms with Crippen LogP contribution in [0.4, 0.5) is 10.2 Å². The van der Waals surface area contributed by atoms with Crippen LogP contribution >= 0.6 is 11.6 Å². The van der Waals surface area contributed by atoms with Gasteiger partial charge in [0.2, 0.25) is 0 Å². The summed E-state index contributed by atoms with van der Waals surface area (Å²) in [5.41, 5.74) is 0.352. The van der Waals surface area contributed by atoms with E-state index in [1.807, 2.05) is 0 Å². The van der Waals surface area contributed by atoms with Crippen LogP contribution in [0.3, 0.4) is 0 Å². The Labute approximate surface area is 93.1 Å². The number of halogens is 2. The van der Waals surface area contributed by atoms with Gasteiger partial charge in [0.05, 0.1) is 11.1 Å². The van der Waals surface area contributed by atoms with Crippen LogP contribution in [-0.4, -0.2) is 21.9 Å². The molecule has 0 amide bonds. The molecular formula is C10H13ClFN3. The van der Waals surface area contributed by atoms with Crippen molar-refractivity contribution in [1.29, 1.82) is 0 Å². The fourth-order valence-electron chi connectivity index (χ4n) is 1.40. The van der Waals surface area contributed by atoms with E-state index in [1.54, 1.807) is 6.92 Å². The van der Waals surface area contributed by atoms with Gasteiger partial charge in [-0.05, 0) is 25.7 Å². The molecule has 1 heterocycles. The van der Waals surface area contributed by atoms with Gasteiger partial charge in [-0.2, -0.15) is 0 Å². The average molecular weight is 230 g/mol. The highest BCUT2D eigenvalue weighted by molar-refractivity contribution is 6.21. The Bertz CT molecular complexity index is 355. The molecule has 1 fully saturated rings. The van der Waals surface area contributed by atoms with Gasteiger partial charge in [0.15, 0.2) is 11.6 Å². The van der Waals surface area contributed by atoms with Gasteiger partial charge in [-0.25, -0.2) is 14.4 Å². The van der Waals surface area contributed by atoms with E-state index in [9.17, 15) is 4.39 Å². The number of alkyl halides is 1. The fourth-order valence-corrected chi connectivity index (χ4v) is 1.73. The van der Waals surface area contributed by atoms with Crippen LogP contribution in [0.25, 0.3) is 0 Å². The highest BCUT2D eigenvalue weighted by Gasteiger charge is 2.29. The van der Waals surface area contributed by atoms with Crippen molar-refractivity contribution >= 4 is 17.4 Å². The molecule has 0 saturated heterocycles. The van der Waals surface area contributed by atoms with E-state index < -0.39 is 5.82 Å². The lowest BCUT2D eigenvalue weighted by atomic mass is 10.3. The van der Waals surface area contributed by atoms with Crippen molar-refractivity contribution in [3.8, 4) is 0 Å². The maximum absolute atomic E-state index is 13.4. The topological polar surface area (TPSA) is 37.8 Å². The van der Waals surface area contributed by atoms with Crippen molar-refractivity contribution in [3.63, 3.8) is 0 Å². The van der Waals surface area contributed by atoms with Crippen LogP contribution in [0.5, 0.6) is 0 Å². The first-order chi connectivity index (χ1) is 7.18. The highest BCUT2D eigenvalue weighted by Crippen LogP contribution is 2.35. The first-order valence-corrected chi connectivity index (χ1v) is 5.47. The number of anilines is 1. The summed E-state index contributed by atoms with van der Waals surface area (Å²) in [5, 5.41) is 2.99. The van der Waals surface area contributed by atoms with Gasteiger partial charge in [-0.15, -0.1) is 11.6 Å². The van der Waals surface area contributed by atoms with Gasteiger partial charge in [0.25, 0.3) is 0 Å². The number of hydrogen-bond donors (Lipinski definition) is 1. The monoisotopic (exact) mass is 229 g/mol. The third-order valence-electron chi connectivity index (χ3n) is 2.56. The van der Waals surface area contributed by atoms with E-state index in [2.05, 4.69) is 15.3 Å². The second kappa shape index (κ2) is 4.31. The summed E-state index contributed by atoms with van der Waals surface area (Å²) in [7, 11) is 0. The summed E-state index contributed by atoms with van der Waals surface area (Å²) in [5.74, 6) is 0.441. The van der Waals surface area contributed by atoms with Crippen molar-refractivity contribution in [2.24, 2.45) is 5.92 Å². The molecule has 1 saturated carbocycles. The summed E-state index contributed by atoms with van der Waals surface area (Å²) in [6.07, 6.45) is 3.71. The molecular weight excluding hydrogens is 217 g/mol. The molecule has 1 N–H and O–H groups in total. The molecule has 2 rings (SSSR count). The van der Waals surface area contributed by atoms with Crippen molar-refractivity contribution in [2.75, 3.05) is 11.9 Å². The van der Waals surface area contributed by atoms with Gasteiger partial charge in [0, 0.05) is 6.54 Å². The Morgan fingerprint density at radius 1 is 1.60 bits per heavy atom. The Kier molecular flexibility index (Phi) is 3.05. The van der Waals surface area contributed by atoms with Crippen molar-refractivity contribution in [3.05, 3.63) is 17.8 Å². The third-order valence-corrected chi connectivity index (χ3v) is 3.07. The second-order valence-electron chi connectivity index (χ2n) is 3.86. The summed E-state index contributed by atoms with van der Waals surface area (Å²) in [6, 6.07) is 0. The molecule has 0 aliphatic heterocycles. The van der Waals surface area contributed by atoms with Crippen LogP contribution in [0.15, 0.2) is 6.33 Å². The minimum atomic E-state index is -0.392. The van der Waals surface area contributed by atoms with Crippen LogP contribution < -0.4 is 5.32 Å². The average Bonchev–Trinajstić information content (AvgIpc) is 3.03. The molecule has 82 valence electrons. The highest BCUT2D eigenvalue weighted by atomic mass is 35.5. The lowest BCUT2D eigenvalue weighted by Crippen LogP contribution is -2.17. The number of rotatable bonds is 4. The molecule has 1 aromatic heterocycles. The van der Waals surface area contributed by atoms with E-state index in [4.69, 9.17) is 11.6 Å². The zero-order chi connectivity index (χ0) is 10.8. The van der Waals surface area contributed by atoms with E-state index in [0.29, 0.717) is 18.2 Å². The Morgan fingerprint density at radius 3 is 3.00 bits per heavy atom. The molecule has 0 radical (unpaired) electrons. The standard InChI is InChI=1S/C10H13ClFN3/c1-6-9(12)10(15-5-14-6)13-4-8(11)7-2-3-7/h5,7-8H,2-4H2,1H3,(H,13,14,15). The molecule has 0 bridgehead atoms. The van der Waals surface area contributed by atoms with Crippen LogP contribution in [0, 0.1) is 18.7 Å². The number of nitrogens with zero attached hydrogens (tertiary/aromatic N) is 2. The molecule has 0 spiro atoms. The summed E-state index contributed by atoms with van der Waals surface area (Å²) in [4.78, 5) is 7.59.